The van der Waals surface area contributed by atoms with Crippen molar-refractivity contribution in [3.05, 3.63) is 42.5 Å². The maximum atomic E-state index is 12.2. The molecule has 2 N–H and O–H groups in total. The third-order valence-corrected chi connectivity index (χ3v) is 3.74. The Labute approximate surface area is 123 Å². The van der Waals surface area contributed by atoms with Crippen molar-refractivity contribution in [1.82, 2.24) is 25.4 Å². The van der Waals surface area contributed by atoms with E-state index in [9.17, 15) is 4.79 Å². The van der Waals surface area contributed by atoms with Crippen molar-refractivity contribution >= 4 is 5.91 Å². The molecule has 0 spiro atoms. The monoisotopic (exact) mass is 285 g/mol. The second-order valence-electron chi connectivity index (χ2n) is 5.31. The topological polar surface area (TPSA) is 71.8 Å². The molecule has 0 aliphatic carbocycles. The zero-order valence-electron chi connectivity index (χ0n) is 11.8. The molecule has 2 heterocycles. The summed E-state index contributed by atoms with van der Waals surface area (Å²) in [6, 6.07) is 7.39. The van der Waals surface area contributed by atoms with Crippen molar-refractivity contribution in [3.8, 4) is 5.69 Å². The average molecular weight is 285 g/mol. The van der Waals surface area contributed by atoms with Crippen molar-refractivity contribution < 1.29 is 4.79 Å². The number of carbonyl (C=O) groups is 1. The van der Waals surface area contributed by atoms with Gasteiger partial charge in [0.15, 0.2) is 0 Å². The molecule has 3 rings (SSSR count). The van der Waals surface area contributed by atoms with Gasteiger partial charge < -0.3 is 10.6 Å². The zero-order valence-corrected chi connectivity index (χ0v) is 11.8. The molecule has 1 fully saturated rings. The number of nitrogens with zero attached hydrogens (tertiary/aromatic N) is 3. The summed E-state index contributed by atoms with van der Waals surface area (Å²) in [7, 11) is 0. The number of hydrogen-bond acceptors (Lipinski definition) is 4. The molecular formula is C15H19N5O. The van der Waals surface area contributed by atoms with E-state index in [0.29, 0.717) is 11.5 Å². The number of carbonyl (C=O) groups excluding carboxylic acids is 1. The molecule has 21 heavy (non-hydrogen) atoms. The van der Waals surface area contributed by atoms with Crippen LogP contribution in [0, 0.1) is 5.92 Å². The van der Waals surface area contributed by atoms with E-state index >= 15 is 0 Å². The van der Waals surface area contributed by atoms with Gasteiger partial charge in [-0.15, -0.1) is 0 Å². The Kier molecular flexibility index (Phi) is 4.25. The second-order valence-corrected chi connectivity index (χ2v) is 5.31. The molecule has 1 aliphatic rings. The molecule has 1 atom stereocenters. The first-order valence-corrected chi connectivity index (χ1v) is 7.27. The maximum Gasteiger partial charge on any atom is 0.251 e. The molecule has 1 aromatic heterocycles. The number of aromatic nitrogens is 3. The number of hydrogen-bond donors (Lipinski definition) is 2. The van der Waals surface area contributed by atoms with Crippen LogP contribution < -0.4 is 10.6 Å². The van der Waals surface area contributed by atoms with E-state index in [1.165, 1.54) is 19.2 Å². The lowest BCUT2D eigenvalue weighted by atomic mass is 9.99. The quantitative estimate of drug-likeness (QED) is 0.879. The highest BCUT2D eigenvalue weighted by Gasteiger charge is 2.14. The maximum absolute atomic E-state index is 12.2. The summed E-state index contributed by atoms with van der Waals surface area (Å²) < 4.78 is 1.64. The Hall–Kier alpha value is -2.21. The minimum Gasteiger partial charge on any atom is -0.352 e. The summed E-state index contributed by atoms with van der Waals surface area (Å²) in [5.74, 6) is 0.490. The van der Waals surface area contributed by atoms with Crippen LogP contribution in [0.2, 0.25) is 0 Å². The Morgan fingerprint density at radius 2 is 2.43 bits per heavy atom. The normalized spacial score (nSPS) is 18.4. The minimum absolute atomic E-state index is 0.0393. The summed E-state index contributed by atoms with van der Waals surface area (Å²) >= 11 is 0. The molecule has 2 aromatic rings. The van der Waals surface area contributed by atoms with Crippen LogP contribution in [0.3, 0.4) is 0 Å². The Morgan fingerprint density at radius 3 is 3.19 bits per heavy atom. The van der Waals surface area contributed by atoms with Gasteiger partial charge in [0.25, 0.3) is 5.91 Å². The van der Waals surface area contributed by atoms with Gasteiger partial charge in [0.1, 0.15) is 12.7 Å². The van der Waals surface area contributed by atoms with Crippen molar-refractivity contribution in [2.75, 3.05) is 19.6 Å². The second kappa shape index (κ2) is 6.49. The fraction of sp³-hybridized carbons (Fsp3) is 0.400. The van der Waals surface area contributed by atoms with Gasteiger partial charge in [-0.1, -0.05) is 6.07 Å². The molecule has 6 heteroatoms. The van der Waals surface area contributed by atoms with Gasteiger partial charge in [0.2, 0.25) is 0 Å². The lowest BCUT2D eigenvalue weighted by Gasteiger charge is -2.22. The van der Waals surface area contributed by atoms with E-state index < -0.39 is 0 Å². The standard InChI is InChI=1S/C15H19N5O/c21-15(18-9-12-3-2-6-16-8-12)13-4-1-5-14(7-13)20-11-17-10-19-20/h1,4-5,7,10-12,16H,2-3,6,8-9H2,(H,18,21). The SMILES string of the molecule is O=C(NCC1CCCNC1)c1cccc(-n2cncn2)c1. The molecule has 1 saturated heterocycles. The third kappa shape index (κ3) is 3.46. The highest BCUT2D eigenvalue weighted by atomic mass is 16.1. The van der Waals surface area contributed by atoms with Gasteiger partial charge >= 0.3 is 0 Å². The van der Waals surface area contributed by atoms with Crippen LogP contribution >= 0.6 is 0 Å². The predicted octanol–water partition coefficient (Wildman–Crippen LogP) is 0.997. The molecule has 1 amide bonds. The van der Waals surface area contributed by atoms with E-state index in [0.717, 1.165) is 25.3 Å². The van der Waals surface area contributed by atoms with E-state index in [4.69, 9.17) is 0 Å². The van der Waals surface area contributed by atoms with Crippen molar-refractivity contribution in [2.45, 2.75) is 12.8 Å². The number of piperidine rings is 1. The van der Waals surface area contributed by atoms with E-state index in [-0.39, 0.29) is 5.91 Å². The van der Waals surface area contributed by atoms with Crippen LogP contribution in [0.15, 0.2) is 36.9 Å². The molecule has 0 bridgehead atoms. The van der Waals surface area contributed by atoms with Gasteiger partial charge in [-0.3, -0.25) is 4.79 Å². The lowest BCUT2D eigenvalue weighted by Crippen LogP contribution is -2.38. The van der Waals surface area contributed by atoms with Crippen molar-refractivity contribution in [3.63, 3.8) is 0 Å². The highest BCUT2D eigenvalue weighted by Crippen LogP contribution is 2.11. The summed E-state index contributed by atoms with van der Waals surface area (Å²) in [4.78, 5) is 16.1. The van der Waals surface area contributed by atoms with Crippen LogP contribution in [-0.4, -0.2) is 40.3 Å². The Morgan fingerprint density at radius 1 is 1.48 bits per heavy atom. The van der Waals surface area contributed by atoms with Crippen LogP contribution in [0.25, 0.3) is 5.69 Å². The number of amides is 1. The van der Waals surface area contributed by atoms with E-state index in [1.807, 2.05) is 24.3 Å². The Balaban J connectivity index is 1.63. The third-order valence-electron chi connectivity index (χ3n) is 3.74. The molecule has 6 nitrogen and oxygen atoms in total. The van der Waals surface area contributed by atoms with E-state index in [2.05, 4.69) is 20.7 Å². The Bertz CT molecular complexity index is 590. The first-order chi connectivity index (χ1) is 10.3. The molecule has 110 valence electrons. The lowest BCUT2D eigenvalue weighted by molar-refractivity contribution is 0.0945. The first-order valence-electron chi connectivity index (χ1n) is 7.27. The van der Waals surface area contributed by atoms with E-state index in [1.54, 1.807) is 11.0 Å². The van der Waals surface area contributed by atoms with Gasteiger partial charge in [-0.25, -0.2) is 9.67 Å². The zero-order chi connectivity index (χ0) is 14.5. The summed E-state index contributed by atoms with van der Waals surface area (Å²) in [6.45, 7) is 2.79. The highest BCUT2D eigenvalue weighted by molar-refractivity contribution is 5.94. The predicted molar refractivity (Wildman–Crippen MR) is 79.3 cm³/mol. The fourth-order valence-electron chi connectivity index (χ4n) is 2.57. The summed E-state index contributed by atoms with van der Waals surface area (Å²) in [5.41, 5.74) is 1.48. The average Bonchev–Trinajstić information content (AvgIpc) is 3.08. The molecule has 1 aliphatic heterocycles. The molecular weight excluding hydrogens is 266 g/mol. The molecule has 1 aromatic carbocycles. The van der Waals surface area contributed by atoms with Crippen molar-refractivity contribution in [2.24, 2.45) is 5.92 Å². The number of nitrogens with one attached hydrogen (secondary N) is 2. The van der Waals surface area contributed by atoms with Gasteiger partial charge in [0.05, 0.1) is 5.69 Å². The minimum atomic E-state index is -0.0393. The van der Waals surface area contributed by atoms with Gasteiger partial charge in [-0.2, -0.15) is 5.10 Å². The van der Waals surface area contributed by atoms with Crippen LogP contribution in [-0.2, 0) is 0 Å². The molecule has 0 saturated carbocycles. The smallest absolute Gasteiger partial charge is 0.251 e. The van der Waals surface area contributed by atoms with Gasteiger partial charge in [0, 0.05) is 12.1 Å². The van der Waals surface area contributed by atoms with Crippen molar-refractivity contribution in [1.29, 1.82) is 0 Å². The van der Waals surface area contributed by atoms with Crippen LogP contribution in [0.4, 0.5) is 0 Å². The fourth-order valence-corrected chi connectivity index (χ4v) is 2.57. The summed E-state index contributed by atoms with van der Waals surface area (Å²) in [6.07, 6.45) is 5.45. The number of rotatable bonds is 4. The first kappa shape index (κ1) is 13.8. The number of benzene rings is 1. The van der Waals surface area contributed by atoms with Crippen LogP contribution in [0.1, 0.15) is 23.2 Å². The molecule has 1 unspecified atom stereocenters. The molecule has 0 radical (unpaired) electrons. The van der Waals surface area contributed by atoms with Crippen LogP contribution in [0.5, 0.6) is 0 Å². The van der Waals surface area contributed by atoms with Gasteiger partial charge in [-0.05, 0) is 50.0 Å². The summed E-state index contributed by atoms with van der Waals surface area (Å²) in [5, 5.41) is 10.4. The largest absolute Gasteiger partial charge is 0.352 e.